The molecule has 2 aromatic rings. The molecule has 0 aromatic heterocycles. The first kappa shape index (κ1) is 50.3. The summed E-state index contributed by atoms with van der Waals surface area (Å²) in [7, 11) is 0. The van der Waals surface area contributed by atoms with Crippen LogP contribution in [-0.2, 0) is 30.9 Å². The molecule has 10 atom stereocenters. The van der Waals surface area contributed by atoms with E-state index in [2.05, 4.69) is 81.4 Å². The number of benzene rings is 2. The Bertz CT molecular complexity index is 2230. The van der Waals surface area contributed by atoms with Crippen molar-refractivity contribution in [2.75, 3.05) is 6.61 Å². The number of cyclic esters (lactones) is 1. The minimum absolute atomic E-state index is 0.193. The fourth-order valence-electron chi connectivity index (χ4n) is 19.0. The molecule has 10 rings (SSSR count). The average molecular weight is 957 g/mol. The van der Waals surface area contributed by atoms with E-state index in [-0.39, 0.29) is 36.3 Å². The zero-order valence-corrected chi connectivity index (χ0v) is 43.5. The van der Waals surface area contributed by atoms with Gasteiger partial charge in [-0.1, -0.05) is 132 Å². The van der Waals surface area contributed by atoms with E-state index in [1.165, 1.54) is 102 Å². The lowest BCUT2D eigenvalue weighted by atomic mass is 9.31. The summed E-state index contributed by atoms with van der Waals surface area (Å²) in [5, 5.41) is 41.4. The maximum absolute atomic E-state index is 14.2. The first-order valence-electron chi connectivity index (χ1n) is 28.5. The predicted octanol–water partition coefficient (Wildman–Crippen LogP) is 13.3. The second-order valence-electron chi connectivity index (χ2n) is 26.1. The third kappa shape index (κ3) is 8.52. The van der Waals surface area contributed by atoms with E-state index < -0.39 is 45.6 Å². The van der Waals surface area contributed by atoms with Crippen molar-refractivity contribution in [3.63, 3.8) is 0 Å². The van der Waals surface area contributed by atoms with Crippen LogP contribution in [0.5, 0.6) is 0 Å². The molecular weight excluding hydrogens is 869 g/mol. The monoisotopic (exact) mass is 957 g/mol. The Labute approximate surface area is 421 Å². The van der Waals surface area contributed by atoms with Crippen LogP contribution in [0.1, 0.15) is 199 Å². The summed E-state index contributed by atoms with van der Waals surface area (Å²) in [6.07, 6.45) is 31.1. The molecule has 2 bridgehead atoms. The fourth-order valence-corrected chi connectivity index (χ4v) is 19.0. The lowest BCUT2D eigenvalue weighted by Crippen LogP contribution is -2.83. The maximum Gasteiger partial charge on any atom is 0.331 e. The fraction of sp³-hybridized carbons (Fsp3) is 0.714. The third-order valence-electron chi connectivity index (χ3n) is 22.3. The van der Waals surface area contributed by atoms with Crippen molar-refractivity contribution in [2.45, 2.75) is 223 Å². The van der Waals surface area contributed by atoms with Crippen LogP contribution in [0.2, 0.25) is 0 Å². The lowest BCUT2D eigenvalue weighted by Gasteiger charge is -2.76. The number of esters is 2. The normalized spacial score (nSPS) is 39.9. The summed E-state index contributed by atoms with van der Waals surface area (Å²) in [6, 6.07) is 22.2. The molecule has 7 heteroatoms. The van der Waals surface area contributed by atoms with Crippen LogP contribution in [0.4, 0.5) is 0 Å². The standard InChI is InChI=1S/C63H88O7/c1-45(17-16-20-47-18-8-5-9-19-47)23-35-61(67)38-37-56(3)42-52(70-46(2)64)55-57(4,32-27-53(65)63(55,61)62(56,68)36-24-48-39-54(66)69-43-48)49-25-33-58(34-26-49)40-51(60(44-58)30-14-15-31-60)41-59(28-12-7-13-29-59)50-21-10-6-11-22-50/h5-6,8-11,18-19,21-22,37-39,45,49,51-53,55,65,67-68H,7,12-17,20,23-36,40-44H2,1-4H3/t45-,49?,51-,52-,53+,55+,56+,57+,58?,61+,62-,63+/m1/s1. The van der Waals surface area contributed by atoms with E-state index in [9.17, 15) is 24.9 Å². The van der Waals surface area contributed by atoms with Crippen molar-refractivity contribution in [1.29, 1.82) is 0 Å². The van der Waals surface area contributed by atoms with Gasteiger partial charge >= 0.3 is 11.9 Å². The Hall–Kier alpha value is -3.26. The molecule has 2 aromatic carbocycles. The second kappa shape index (κ2) is 19.2. The molecule has 1 aliphatic heterocycles. The van der Waals surface area contributed by atoms with E-state index in [4.69, 9.17) is 9.47 Å². The van der Waals surface area contributed by atoms with Gasteiger partial charge in [-0.2, -0.15) is 0 Å². The third-order valence-corrected chi connectivity index (χ3v) is 22.3. The Morgan fingerprint density at radius 2 is 1.49 bits per heavy atom. The van der Waals surface area contributed by atoms with Gasteiger partial charge in [0, 0.05) is 24.3 Å². The molecule has 0 unspecified atom stereocenters. The molecule has 8 aliphatic rings. The Kier molecular flexibility index (Phi) is 13.8. The van der Waals surface area contributed by atoms with Gasteiger partial charge in [0.2, 0.25) is 0 Å². The van der Waals surface area contributed by atoms with E-state index in [1.807, 2.05) is 12.2 Å². The Morgan fingerprint density at radius 3 is 2.16 bits per heavy atom. The van der Waals surface area contributed by atoms with Crippen molar-refractivity contribution in [2.24, 2.45) is 50.7 Å². The van der Waals surface area contributed by atoms with Gasteiger partial charge in [-0.3, -0.25) is 4.79 Å². The van der Waals surface area contributed by atoms with Crippen molar-refractivity contribution in [3.8, 4) is 0 Å². The zero-order valence-electron chi connectivity index (χ0n) is 43.5. The van der Waals surface area contributed by atoms with Gasteiger partial charge in [-0.25, -0.2) is 4.79 Å². The molecule has 70 heavy (non-hydrogen) atoms. The van der Waals surface area contributed by atoms with E-state index in [1.54, 1.807) is 11.6 Å². The highest BCUT2D eigenvalue weighted by Crippen LogP contribution is 2.77. The largest absolute Gasteiger partial charge is 0.462 e. The van der Waals surface area contributed by atoms with Crippen LogP contribution in [0.3, 0.4) is 0 Å². The molecule has 0 amide bonds. The van der Waals surface area contributed by atoms with Gasteiger partial charge in [-0.15, -0.1) is 0 Å². The SMILES string of the molecule is CC(=O)O[C@@H]1C[C@]2(C)C=C[C@@](O)(CC[C@H](C)CCCc3ccccc3)[C@]3([C@@H]1[C@](C)(C1CCC4(CC1)C[C@H](CC1(c5ccccc5)CCCCC1)C1(CCCC1)C4)CC[C@@H]3O)[C@@]2(O)CCC1=CC(=O)OC1. The molecule has 6 saturated carbocycles. The minimum atomic E-state index is -1.59. The Morgan fingerprint density at radius 1 is 0.800 bits per heavy atom. The van der Waals surface area contributed by atoms with Crippen molar-refractivity contribution >= 4 is 11.9 Å². The second-order valence-corrected chi connectivity index (χ2v) is 26.1. The zero-order chi connectivity index (χ0) is 49.0. The summed E-state index contributed by atoms with van der Waals surface area (Å²) in [5.41, 5.74) is -1.22. The molecule has 1 heterocycles. The number of aliphatic hydroxyl groups excluding tert-OH is 1. The maximum atomic E-state index is 14.2. The number of hydrogen-bond donors (Lipinski definition) is 3. The average Bonchev–Trinajstić information content (AvgIpc) is 4.08. The summed E-state index contributed by atoms with van der Waals surface area (Å²) in [5.74, 6) is 0.110. The first-order chi connectivity index (χ1) is 33.5. The van der Waals surface area contributed by atoms with Crippen LogP contribution in [-0.4, -0.2) is 57.3 Å². The number of aryl methyl sites for hydroxylation is 1. The number of ether oxygens (including phenoxy) is 2. The molecule has 0 radical (unpaired) electrons. The first-order valence-corrected chi connectivity index (χ1v) is 28.5. The predicted molar refractivity (Wildman–Crippen MR) is 276 cm³/mol. The van der Waals surface area contributed by atoms with Gasteiger partial charge in [0.25, 0.3) is 0 Å². The van der Waals surface area contributed by atoms with Crippen LogP contribution < -0.4 is 0 Å². The minimum Gasteiger partial charge on any atom is -0.462 e. The number of aliphatic hydroxyl groups is 3. The topological polar surface area (TPSA) is 113 Å². The Balaban J connectivity index is 0.977. The van der Waals surface area contributed by atoms with Crippen LogP contribution >= 0.6 is 0 Å². The summed E-state index contributed by atoms with van der Waals surface area (Å²) >= 11 is 0. The number of hydrogen-bond acceptors (Lipinski definition) is 7. The van der Waals surface area contributed by atoms with Gasteiger partial charge in [0.15, 0.2) is 0 Å². The molecular formula is C63H88O7. The molecule has 3 spiro atoms. The van der Waals surface area contributed by atoms with E-state index in [0.29, 0.717) is 42.4 Å². The highest BCUT2D eigenvalue weighted by atomic mass is 16.5. The molecule has 6 fully saturated rings. The van der Waals surface area contributed by atoms with Crippen molar-refractivity contribution < 1.29 is 34.4 Å². The van der Waals surface area contributed by atoms with E-state index >= 15 is 0 Å². The van der Waals surface area contributed by atoms with Gasteiger partial charge < -0.3 is 24.8 Å². The van der Waals surface area contributed by atoms with Crippen molar-refractivity contribution in [1.82, 2.24) is 0 Å². The molecule has 3 N–H and O–H groups in total. The molecule has 0 saturated heterocycles. The smallest absolute Gasteiger partial charge is 0.331 e. The quantitative estimate of drug-likeness (QED) is 0.120. The highest BCUT2D eigenvalue weighted by Gasteiger charge is 2.82. The van der Waals surface area contributed by atoms with Crippen LogP contribution in [0, 0.1) is 50.7 Å². The van der Waals surface area contributed by atoms with Gasteiger partial charge in [0.1, 0.15) is 12.7 Å². The van der Waals surface area contributed by atoms with E-state index in [0.717, 1.165) is 56.4 Å². The van der Waals surface area contributed by atoms with Crippen LogP contribution in [0.25, 0.3) is 0 Å². The van der Waals surface area contributed by atoms with Crippen LogP contribution in [0.15, 0.2) is 84.5 Å². The lowest BCUT2D eigenvalue weighted by molar-refractivity contribution is -0.362. The van der Waals surface area contributed by atoms with Gasteiger partial charge in [0.05, 0.1) is 22.7 Å². The van der Waals surface area contributed by atoms with Gasteiger partial charge in [-0.05, 0) is 185 Å². The van der Waals surface area contributed by atoms with Crippen molar-refractivity contribution in [3.05, 3.63) is 95.6 Å². The number of carbonyl (C=O) groups excluding carboxylic acids is 2. The number of fused-ring (bicyclic) bond motifs is 1. The summed E-state index contributed by atoms with van der Waals surface area (Å²) < 4.78 is 12.0. The molecule has 7 aliphatic carbocycles. The summed E-state index contributed by atoms with van der Waals surface area (Å²) in [6.45, 7) is 8.44. The highest BCUT2D eigenvalue weighted by molar-refractivity contribution is 5.85. The number of rotatable bonds is 15. The molecule has 382 valence electrons. The summed E-state index contributed by atoms with van der Waals surface area (Å²) in [4.78, 5) is 25.8. The number of carbonyl (C=O) groups is 2. The molecule has 7 nitrogen and oxygen atoms in total.